The molecule has 0 aliphatic carbocycles. The van der Waals surface area contributed by atoms with Gasteiger partial charge in [0.15, 0.2) is 5.78 Å². The fourth-order valence-corrected chi connectivity index (χ4v) is 1.15. The molecule has 0 bridgehead atoms. The van der Waals surface area contributed by atoms with Crippen LogP contribution in [0.3, 0.4) is 0 Å². The molecule has 0 amide bonds. The van der Waals surface area contributed by atoms with E-state index in [0.29, 0.717) is 5.56 Å². The van der Waals surface area contributed by atoms with Crippen molar-refractivity contribution in [1.29, 1.82) is 0 Å². The van der Waals surface area contributed by atoms with Crippen molar-refractivity contribution in [2.24, 2.45) is 0 Å². The highest BCUT2D eigenvalue weighted by molar-refractivity contribution is 5.95. The molecule has 13 heavy (non-hydrogen) atoms. The number of hydrogen-bond acceptors (Lipinski definition) is 1. The van der Waals surface area contributed by atoms with Crippen molar-refractivity contribution in [2.45, 2.75) is 20.3 Å². The Morgan fingerprint density at radius 1 is 1.38 bits per heavy atom. The van der Waals surface area contributed by atoms with Crippen LogP contribution in [0, 0.1) is 6.92 Å². The molecule has 70 valence electrons. The van der Waals surface area contributed by atoms with Gasteiger partial charge in [-0.05, 0) is 25.5 Å². The van der Waals surface area contributed by atoms with Crippen molar-refractivity contribution in [1.82, 2.24) is 0 Å². The van der Waals surface area contributed by atoms with Crippen LogP contribution in [0.5, 0.6) is 0 Å². The van der Waals surface area contributed by atoms with Crippen LogP contribution in [-0.2, 0) is 0 Å². The van der Waals surface area contributed by atoms with E-state index in [4.69, 9.17) is 0 Å². The van der Waals surface area contributed by atoms with Crippen molar-refractivity contribution in [2.75, 3.05) is 0 Å². The smallest absolute Gasteiger partial charge is 0.263 e. The van der Waals surface area contributed by atoms with Gasteiger partial charge in [0, 0.05) is 11.1 Å². The summed E-state index contributed by atoms with van der Waals surface area (Å²) >= 11 is 0. The van der Waals surface area contributed by atoms with Gasteiger partial charge in [0.1, 0.15) is 0 Å². The van der Waals surface area contributed by atoms with Crippen molar-refractivity contribution < 1.29 is 13.6 Å². The molecule has 0 saturated carbocycles. The highest BCUT2D eigenvalue weighted by Gasteiger charge is 2.10. The summed E-state index contributed by atoms with van der Waals surface area (Å²) in [5.41, 5.74) is 1.01. The number of aryl methyl sites for hydroxylation is 1. The average molecular weight is 184 g/mol. The standard InChI is InChI=1S/C10H10F2O/c1-6-3-4-8(10(11)12)5-9(6)7(2)13/h3-5,10H,1-2H3. The van der Waals surface area contributed by atoms with E-state index in [9.17, 15) is 13.6 Å². The van der Waals surface area contributed by atoms with Gasteiger partial charge in [0.25, 0.3) is 6.43 Å². The first-order chi connectivity index (χ1) is 6.02. The zero-order valence-corrected chi connectivity index (χ0v) is 7.47. The summed E-state index contributed by atoms with van der Waals surface area (Å²) in [5.74, 6) is -0.181. The molecule has 0 saturated heterocycles. The highest BCUT2D eigenvalue weighted by atomic mass is 19.3. The topological polar surface area (TPSA) is 17.1 Å². The molecular formula is C10H10F2O. The normalized spacial score (nSPS) is 10.5. The number of benzene rings is 1. The molecule has 0 atom stereocenters. The molecule has 0 fully saturated rings. The maximum Gasteiger partial charge on any atom is 0.263 e. The number of alkyl halides is 2. The first-order valence-corrected chi connectivity index (χ1v) is 3.92. The number of Topliss-reactive ketones (excluding diaryl/α,β-unsaturated/α-hetero) is 1. The summed E-state index contributed by atoms with van der Waals surface area (Å²) in [6.07, 6.45) is -2.52. The molecule has 1 aromatic carbocycles. The van der Waals surface area contributed by atoms with Crippen molar-refractivity contribution >= 4 is 5.78 Å². The molecule has 1 nitrogen and oxygen atoms in total. The fourth-order valence-electron chi connectivity index (χ4n) is 1.15. The minimum absolute atomic E-state index is 0.101. The van der Waals surface area contributed by atoms with Crippen LogP contribution in [-0.4, -0.2) is 5.78 Å². The van der Waals surface area contributed by atoms with Gasteiger partial charge in [0.05, 0.1) is 0 Å². The Hall–Kier alpha value is -1.25. The van der Waals surface area contributed by atoms with Crippen LogP contribution < -0.4 is 0 Å². The maximum atomic E-state index is 12.2. The predicted molar refractivity (Wildman–Crippen MR) is 46.1 cm³/mol. The number of carbonyl (C=O) groups is 1. The van der Waals surface area contributed by atoms with Crippen LogP contribution in [0.1, 0.15) is 34.8 Å². The van der Waals surface area contributed by atoms with Crippen LogP contribution in [0.4, 0.5) is 8.78 Å². The van der Waals surface area contributed by atoms with E-state index < -0.39 is 6.43 Å². The lowest BCUT2D eigenvalue weighted by Gasteiger charge is -2.04. The number of hydrogen-bond donors (Lipinski definition) is 0. The zero-order chi connectivity index (χ0) is 10.0. The second-order valence-electron chi connectivity index (χ2n) is 2.93. The van der Waals surface area contributed by atoms with Gasteiger partial charge in [-0.15, -0.1) is 0 Å². The lowest BCUT2D eigenvalue weighted by molar-refractivity contribution is 0.101. The van der Waals surface area contributed by atoms with Gasteiger partial charge in [0.2, 0.25) is 0 Å². The van der Waals surface area contributed by atoms with E-state index in [-0.39, 0.29) is 11.3 Å². The molecule has 1 rings (SSSR count). The monoisotopic (exact) mass is 184 g/mol. The van der Waals surface area contributed by atoms with Gasteiger partial charge in [-0.1, -0.05) is 12.1 Å². The van der Waals surface area contributed by atoms with Crippen LogP contribution >= 0.6 is 0 Å². The summed E-state index contributed by atoms with van der Waals surface area (Å²) in [6.45, 7) is 3.10. The van der Waals surface area contributed by atoms with Gasteiger partial charge in [-0.3, -0.25) is 4.79 Å². The van der Waals surface area contributed by atoms with E-state index in [1.54, 1.807) is 6.92 Å². The molecule has 0 aromatic heterocycles. The molecule has 0 aliphatic rings. The third-order valence-electron chi connectivity index (χ3n) is 1.89. The fraction of sp³-hybridized carbons (Fsp3) is 0.300. The number of carbonyl (C=O) groups excluding carboxylic acids is 1. The van der Waals surface area contributed by atoms with Crippen molar-refractivity contribution in [3.05, 3.63) is 34.9 Å². The molecule has 0 spiro atoms. The number of ketones is 1. The van der Waals surface area contributed by atoms with Gasteiger partial charge in [-0.25, -0.2) is 8.78 Å². The van der Waals surface area contributed by atoms with Crippen LogP contribution in [0.15, 0.2) is 18.2 Å². The Morgan fingerprint density at radius 3 is 2.46 bits per heavy atom. The van der Waals surface area contributed by atoms with Gasteiger partial charge >= 0.3 is 0 Å². The highest BCUT2D eigenvalue weighted by Crippen LogP contribution is 2.21. The number of halogens is 2. The zero-order valence-electron chi connectivity index (χ0n) is 7.47. The molecular weight excluding hydrogens is 174 g/mol. The van der Waals surface area contributed by atoms with Gasteiger partial charge < -0.3 is 0 Å². The summed E-state index contributed by atoms with van der Waals surface area (Å²) in [6, 6.07) is 4.13. The largest absolute Gasteiger partial charge is 0.295 e. The van der Waals surface area contributed by atoms with E-state index in [1.165, 1.54) is 25.1 Å². The Morgan fingerprint density at radius 2 is 2.00 bits per heavy atom. The molecule has 3 heteroatoms. The molecule has 0 radical (unpaired) electrons. The Kier molecular flexibility index (Phi) is 2.76. The second kappa shape index (κ2) is 3.64. The van der Waals surface area contributed by atoms with Crippen molar-refractivity contribution in [3.8, 4) is 0 Å². The van der Waals surface area contributed by atoms with E-state index >= 15 is 0 Å². The second-order valence-corrected chi connectivity index (χ2v) is 2.93. The lowest BCUT2D eigenvalue weighted by Crippen LogP contribution is -1.98. The summed E-state index contributed by atoms with van der Waals surface area (Å²) in [7, 11) is 0. The van der Waals surface area contributed by atoms with E-state index in [1.807, 2.05) is 0 Å². The Labute approximate surface area is 75.4 Å². The van der Waals surface area contributed by atoms with Crippen LogP contribution in [0.25, 0.3) is 0 Å². The van der Waals surface area contributed by atoms with Gasteiger partial charge in [-0.2, -0.15) is 0 Å². The first-order valence-electron chi connectivity index (χ1n) is 3.92. The predicted octanol–water partition coefficient (Wildman–Crippen LogP) is 3.14. The Bertz CT molecular complexity index is 332. The van der Waals surface area contributed by atoms with E-state index in [0.717, 1.165) is 5.56 Å². The Balaban J connectivity index is 3.19. The minimum Gasteiger partial charge on any atom is -0.295 e. The minimum atomic E-state index is -2.52. The molecule has 1 aromatic rings. The number of rotatable bonds is 2. The lowest BCUT2D eigenvalue weighted by atomic mass is 10.0. The summed E-state index contributed by atoms with van der Waals surface area (Å²) in [5, 5.41) is 0. The third-order valence-corrected chi connectivity index (χ3v) is 1.89. The summed E-state index contributed by atoms with van der Waals surface area (Å²) < 4.78 is 24.5. The molecule has 0 N–H and O–H groups in total. The SMILES string of the molecule is CC(=O)c1cc(C(F)F)ccc1C. The molecule has 0 unspecified atom stereocenters. The van der Waals surface area contributed by atoms with E-state index in [2.05, 4.69) is 0 Å². The quantitative estimate of drug-likeness (QED) is 0.645. The molecule has 0 aliphatic heterocycles. The molecule has 0 heterocycles. The summed E-state index contributed by atoms with van der Waals surface area (Å²) in [4.78, 5) is 11.0. The first kappa shape index (κ1) is 9.84. The maximum absolute atomic E-state index is 12.2. The third kappa shape index (κ3) is 2.11. The average Bonchev–Trinajstić information content (AvgIpc) is 2.04. The van der Waals surface area contributed by atoms with Crippen LogP contribution in [0.2, 0.25) is 0 Å². The van der Waals surface area contributed by atoms with Crippen molar-refractivity contribution in [3.63, 3.8) is 0 Å².